The van der Waals surface area contributed by atoms with Gasteiger partial charge in [0.1, 0.15) is 12.3 Å². The predicted octanol–water partition coefficient (Wildman–Crippen LogP) is 4.95. The summed E-state index contributed by atoms with van der Waals surface area (Å²) < 4.78 is 33.8. The van der Waals surface area contributed by atoms with Gasteiger partial charge in [-0.3, -0.25) is 9.10 Å². The molecule has 6 nitrogen and oxygen atoms in total. The van der Waals surface area contributed by atoms with Crippen LogP contribution in [-0.4, -0.2) is 40.3 Å². The van der Waals surface area contributed by atoms with Gasteiger partial charge >= 0.3 is 0 Å². The second-order valence-electron chi connectivity index (χ2n) is 8.24. The lowest BCUT2D eigenvalue weighted by Gasteiger charge is -2.26. The molecule has 0 spiro atoms. The molecule has 3 aromatic carbocycles. The number of hydrogen-bond acceptors (Lipinski definition) is 5. The maximum atomic E-state index is 13.6. The molecule has 0 bridgehead atoms. The average molecular weight is 513 g/mol. The van der Waals surface area contributed by atoms with Crippen molar-refractivity contribution >= 4 is 33.4 Å². The molecule has 0 aliphatic heterocycles. The highest BCUT2D eigenvalue weighted by Gasteiger charge is 2.29. The van der Waals surface area contributed by atoms with Crippen molar-refractivity contribution in [3.05, 3.63) is 89.5 Å². The zero-order valence-electron chi connectivity index (χ0n) is 20.4. The van der Waals surface area contributed by atoms with Crippen LogP contribution in [0.3, 0.4) is 0 Å². The number of nitrogens with zero attached hydrogens (tertiary/aromatic N) is 1. The van der Waals surface area contributed by atoms with E-state index < -0.39 is 10.0 Å². The molecule has 186 valence electrons. The van der Waals surface area contributed by atoms with E-state index in [1.165, 1.54) is 12.7 Å². The molecule has 1 amide bonds. The highest BCUT2D eigenvalue weighted by molar-refractivity contribution is 7.98. The number of carbonyl (C=O) groups excluding carboxylic acids is 1. The molecule has 0 heterocycles. The molecule has 0 aromatic heterocycles. The lowest BCUT2D eigenvalue weighted by molar-refractivity contribution is -0.119. The molecular weight excluding hydrogens is 480 g/mol. The number of sulfonamides is 1. The molecule has 0 aliphatic rings. The van der Waals surface area contributed by atoms with E-state index in [4.69, 9.17) is 4.74 Å². The third-order valence-corrected chi connectivity index (χ3v) is 8.29. The molecule has 0 atom stereocenters. The van der Waals surface area contributed by atoms with Crippen LogP contribution in [0.5, 0.6) is 5.75 Å². The van der Waals surface area contributed by atoms with Crippen molar-refractivity contribution in [1.29, 1.82) is 0 Å². The van der Waals surface area contributed by atoms with Gasteiger partial charge in [-0.2, -0.15) is 11.8 Å². The topological polar surface area (TPSA) is 75.7 Å². The lowest BCUT2D eigenvalue weighted by Crippen LogP contribution is -2.41. The molecule has 0 fully saturated rings. The van der Waals surface area contributed by atoms with Crippen LogP contribution in [0.1, 0.15) is 23.1 Å². The third-order valence-electron chi connectivity index (χ3n) is 5.40. The fraction of sp³-hybridized carbons (Fsp3) is 0.296. The Hall–Kier alpha value is -2.97. The zero-order chi connectivity index (χ0) is 25.3. The standard InChI is InChI=1S/C27H32N2O4S2/c1-21-10-13-24(14-11-21)35(31,32)29(25-18-22(2)12-15-26(25)33-3)19-27(30)28-16-7-17-34-20-23-8-5-4-6-9-23/h4-6,8-15,18H,7,16-17,19-20H2,1-3H3,(H,28,30). The molecular formula is C27H32N2O4S2. The normalized spacial score (nSPS) is 11.2. The Morgan fingerprint density at radius 3 is 2.34 bits per heavy atom. The fourth-order valence-electron chi connectivity index (χ4n) is 3.48. The fourth-order valence-corrected chi connectivity index (χ4v) is 5.83. The molecule has 0 saturated heterocycles. The van der Waals surface area contributed by atoms with Crippen LogP contribution in [-0.2, 0) is 20.6 Å². The van der Waals surface area contributed by atoms with Gasteiger partial charge in [0.15, 0.2) is 0 Å². The molecule has 8 heteroatoms. The summed E-state index contributed by atoms with van der Waals surface area (Å²) in [6.07, 6.45) is 0.793. The van der Waals surface area contributed by atoms with E-state index in [-0.39, 0.29) is 17.3 Å². The third kappa shape index (κ3) is 7.50. The highest BCUT2D eigenvalue weighted by Crippen LogP contribution is 2.33. The van der Waals surface area contributed by atoms with E-state index in [2.05, 4.69) is 17.4 Å². The van der Waals surface area contributed by atoms with Gasteiger partial charge in [-0.05, 0) is 61.4 Å². The smallest absolute Gasteiger partial charge is 0.264 e. The number of carbonyl (C=O) groups is 1. The number of aryl methyl sites for hydroxylation is 2. The lowest BCUT2D eigenvalue weighted by atomic mass is 10.2. The SMILES string of the molecule is COc1ccc(C)cc1N(CC(=O)NCCCSCc1ccccc1)S(=O)(=O)c1ccc(C)cc1. The van der Waals surface area contributed by atoms with Crippen molar-refractivity contribution in [3.63, 3.8) is 0 Å². The number of amides is 1. The number of nitrogens with one attached hydrogen (secondary N) is 1. The molecule has 3 aromatic rings. The second kappa shape index (κ2) is 12.7. The minimum atomic E-state index is -4.00. The summed E-state index contributed by atoms with van der Waals surface area (Å²) in [4.78, 5) is 13.0. The first-order chi connectivity index (χ1) is 16.8. The van der Waals surface area contributed by atoms with Gasteiger partial charge in [0.2, 0.25) is 5.91 Å². The summed E-state index contributed by atoms with van der Waals surface area (Å²) in [6, 6.07) is 22.1. The number of thioether (sulfide) groups is 1. The summed E-state index contributed by atoms with van der Waals surface area (Å²) in [5.74, 6) is 1.84. The first-order valence-corrected chi connectivity index (χ1v) is 14.0. The van der Waals surface area contributed by atoms with E-state index >= 15 is 0 Å². The Labute approximate surface area is 212 Å². The van der Waals surface area contributed by atoms with Gasteiger partial charge < -0.3 is 10.1 Å². The van der Waals surface area contributed by atoms with Crippen molar-refractivity contribution < 1.29 is 17.9 Å². The van der Waals surface area contributed by atoms with E-state index in [1.807, 2.05) is 38.1 Å². The molecule has 0 aliphatic carbocycles. The van der Waals surface area contributed by atoms with Crippen molar-refractivity contribution in [3.8, 4) is 5.75 Å². The molecule has 3 rings (SSSR count). The second-order valence-corrected chi connectivity index (χ2v) is 11.2. The van der Waals surface area contributed by atoms with Crippen LogP contribution < -0.4 is 14.4 Å². The number of benzene rings is 3. The van der Waals surface area contributed by atoms with E-state index in [9.17, 15) is 13.2 Å². The van der Waals surface area contributed by atoms with Crippen LogP contribution in [0.25, 0.3) is 0 Å². The van der Waals surface area contributed by atoms with Gasteiger partial charge in [-0.1, -0.05) is 54.1 Å². The summed E-state index contributed by atoms with van der Waals surface area (Å²) in [5, 5.41) is 2.87. The Kier molecular flexibility index (Phi) is 9.63. The maximum absolute atomic E-state index is 13.6. The number of ether oxygens (including phenoxy) is 1. The molecule has 0 radical (unpaired) electrons. The van der Waals surface area contributed by atoms with Crippen LogP contribution in [0.4, 0.5) is 5.69 Å². The molecule has 1 N–H and O–H groups in total. The van der Waals surface area contributed by atoms with Crippen molar-refractivity contribution in [2.24, 2.45) is 0 Å². The Balaban J connectivity index is 1.68. The highest BCUT2D eigenvalue weighted by atomic mass is 32.2. The quantitative estimate of drug-likeness (QED) is 0.348. The van der Waals surface area contributed by atoms with Crippen LogP contribution in [0.15, 0.2) is 77.7 Å². The first-order valence-electron chi connectivity index (χ1n) is 11.4. The summed E-state index contributed by atoms with van der Waals surface area (Å²) in [7, 11) is -2.51. The van der Waals surface area contributed by atoms with E-state index in [1.54, 1.807) is 48.2 Å². The molecule has 35 heavy (non-hydrogen) atoms. The Bertz CT molecular complexity index is 1210. The monoisotopic (exact) mass is 512 g/mol. The van der Waals surface area contributed by atoms with Crippen LogP contribution in [0, 0.1) is 13.8 Å². The van der Waals surface area contributed by atoms with Crippen LogP contribution in [0.2, 0.25) is 0 Å². The van der Waals surface area contributed by atoms with Crippen molar-refractivity contribution in [2.75, 3.05) is 30.3 Å². The summed E-state index contributed by atoms with van der Waals surface area (Å²) >= 11 is 1.80. The van der Waals surface area contributed by atoms with Gasteiger partial charge in [0.25, 0.3) is 10.0 Å². The van der Waals surface area contributed by atoms with Gasteiger partial charge in [0, 0.05) is 12.3 Å². The van der Waals surface area contributed by atoms with Gasteiger partial charge in [-0.15, -0.1) is 0 Å². The van der Waals surface area contributed by atoms with E-state index in [0.29, 0.717) is 18.0 Å². The minimum absolute atomic E-state index is 0.122. The maximum Gasteiger partial charge on any atom is 0.264 e. The zero-order valence-corrected chi connectivity index (χ0v) is 22.0. The van der Waals surface area contributed by atoms with Crippen molar-refractivity contribution in [2.45, 2.75) is 30.9 Å². The summed E-state index contributed by atoms with van der Waals surface area (Å²) in [5.41, 5.74) is 3.42. The van der Waals surface area contributed by atoms with Crippen molar-refractivity contribution in [1.82, 2.24) is 5.32 Å². The summed E-state index contributed by atoms with van der Waals surface area (Å²) in [6.45, 7) is 3.90. The predicted molar refractivity (Wildman–Crippen MR) is 144 cm³/mol. The van der Waals surface area contributed by atoms with Crippen LogP contribution >= 0.6 is 11.8 Å². The molecule has 0 unspecified atom stereocenters. The Morgan fingerprint density at radius 1 is 0.971 bits per heavy atom. The van der Waals surface area contributed by atoms with E-state index in [0.717, 1.165) is 33.4 Å². The molecule has 0 saturated carbocycles. The minimum Gasteiger partial charge on any atom is -0.495 e. The largest absolute Gasteiger partial charge is 0.495 e. The number of methoxy groups -OCH3 is 1. The van der Waals surface area contributed by atoms with Gasteiger partial charge in [0.05, 0.1) is 17.7 Å². The first kappa shape index (κ1) is 26.6. The van der Waals surface area contributed by atoms with Gasteiger partial charge in [-0.25, -0.2) is 8.42 Å². The Morgan fingerprint density at radius 2 is 1.66 bits per heavy atom. The number of hydrogen-bond donors (Lipinski definition) is 1. The average Bonchev–Trinajstić information content (AvgIpc) is 2.85. The number of anilines is 1. The number of rotatable bonds is 12.